The number of anilines is 1. The summed E-state index contributed by atoms with van der Waals surface area (Å²) in [5, 5.41) is 0. The van der Waals surface area contributed by atoms with Crippen molar-refractivity contribution >= 4 is 22.1 Å². The summed E-state index contributed by atoms with van der Waals surface area (Å²) in [6.07, 6.45) is 0.424. The van der Waals surface area contributed by atoms with Gasteiger partial charge in [-0.1, -0.05) is 18.2 Å². The quantitative estimate of drug-likeness (QED) is 0.514. The molecule has 7 heteroatoms. The smallest absolute Gasteiger partial charge is 0.339 e. The molecule has 0 unspecified atom stereocenters. The van der Waals surface area contributed by atoms with Gasteiger partial charge in [0.1, 0.15) is 4.90 Å². The van der Waals surface area contributed by atoms with Crippen molar-refractivity contribution in [3.05, 3.63) is 48.0 Å². The van der Waals surface area contributed by atoms with E-state index in [0.29, 0.717) is 6.29 Å². The molecule has 0 spiro atoms. The van der Waals surface area contributed by atoms with E-state index in [2.05, 4.69) is 0 Å². The van der Waals surface area contributed by atoms with Crippen molar-refractivity contribution in [3.63, 3.8) is 0 Å². The summed E-state index contributed by atoms with van der Waals surface area (Å²) < 4.78 is 34.5. The fourth-order valence-corrected chi connectivity index (χ4v) is 2.69. The number of carbonyl (C=O) groups is 1. The van der Waals surface area contributed by atoms with Crippen molar-refractivity contribution in [2.24, 2.45) is 0 Å². The van der Waals surface area contributed by atoms with Crippen LogP contribution in [-0.4, -0.2) is 21.8 Å². The Morgan fingerprint density at radius 3 is 2.33 bits per heavy atom. The molecule has 0 fully saturated rings. The van der Waals surface area contributed by atoms with Gasteiger partial charge in [-0.25, -0.2) is 0 Å². The van der Waals surface area contributed by atoms with E-state index in [4.69, 9.17) is 14.7 Å². The zero-order valence-corrected chi connectivity index (χ0v) is 12.0. The summed E-state index contributed by atoms with van der Waals surface area (Å²) in [6, 6.07) is 10.4. The maximum absolute atomic E-state index is 12.2. The van der Waals surface area contributed by atoms with Gasteiger partial charge >= 0.3 is 10.1 Å². The molecular formula is C14H13NO5S. The summed E-state index contributed by atoms with van der Waals surface area (Å²) in [7, 11) is -2.75. The number of aldehydes is 1. The lowest BCUT2D eigenvalue weighted by molar-refractivity contribution is 0.112. The van der Waals surface area contributed by atoms with Gasteiger partial charge in [-0.2, -0.15) is 8.42 Å². The van der Waals surface area contributed by atoms with Crippen molar-refractivity contribution < 1.29 is 22.1 Å². The minimum absolute atomic E-state index is 0.0358. The third-order valence-corrected chi connectivity index (χ3v) is 3.99. The van der Waals surface area contributed by atoms with Crippen LogP contribution in [-0.2, 0) is 10.1 Å². The lowest BCUT2D eigenvalue weighted by Crippen LogP contribution is -2.12. The van der Waals surface area contributed by atoms with Gasteiger partial charge in [-0.05, 0) is 24.3 Å². The lowest BCUT2D eigenvalue weighted by atomic mass is 10.1. The van der Waals surface area contributed by atoms with E-state index in [-0.39, 0.29) is 27.6 Å². The van der Waals surface area contributed by atoms with Crippen LogP contribution in [0.2, 0.25) is 0 Å². The number of nitrogen functional groups attached to an aromatic ring is 1. The summed E-state index contributed by atoms with van der Waals surface area (Å²) >= 11 is 0. The first-order valence-corrected chi connectivity index (χ1v) is 7.31. The molecule has 21 heavy (non-hydrogen) atoms. The van der Waals surface area contributed by atoms with E-state index in [1.165, 1.54) is 31.4 Å². The molecule has 0 saturated carbocycles. The Morgan fingerprint density at radius 2 is 1.76 bits per heavy atom. The van der Waals surface area contributed by atoms with Crippen LogP contribution in [0, 0.1) is 0 Å². The molecule has 0 saturated heterocycles. The number of rotatable bonds is 5. The van der Waals surface area contributed by atoms with Crippen LogP contribution in [0.3, 0.4) is 0 Å². The summed E-state index contributed by atoms with van der Waals surface area (Å²) in [4.78, 5) is 11.1. The van der Waals surface area contributed by atoms with Crippen LogP contribution < -0.4 is 14.7 Å². The number of benzene rings is 2. The third kappa shape index (κ3) is 2.97. The lowest BCUT2D eigenvalue weighted by Gasteiger charge is -2.13. The molecule has 0 heterocycles. The molecule has 2 aromatic carbocycles. The second-order valence-corrected chi connectivity index (χ2v) is 5.61. The fourth-order valence-electron chi connectivity index (χ4n) is 1.71. The Kier molecular flexibility index (Phi) is 4.13. The molecule has 110 valence electrons. The van der Waals surface area contributed by atoms with E-state index < -0.39 is 10.1 Å². The molecule has 0 radical (unpaired) electrons. The second kappa shape index (κ2) is 5.84. The number of ether oxygens (including phenoxy) is 1. The zero-order valence-electron chi connectivity index (χ0n) is 11.1. The highest BCUT2D eigenvalue weighted by atomic mass is 32.2. The van der Waals surface area contributed by atoms with Crippen LogP contribution in [0.15, 0.2) is 47.4 Å². The van der Waals surface area contributed by atoms with Gasteiger partial charge in [0.25, 0.3) is 0 Å². The van der Waals surface area contributed by atoms with Crippen molar-refractivity contribution in [2.45, 2.75) is 4.90 Å². The number of hydrogen-bond acceptors (Lipinski definition) is 6. The number of hydrogen-bond donors (Lipinski definition) is 1. The molecule has 0 amide bonds. The molecule has 0 aliphatic heterocycles. The predicted octanol–water partition coefficient (Wildman–Crippen LogP) is 1.86. The van der Waals surface area contributed by atoms with E-state index in [1.54, 1.807) is 18.2 Å². The fraction of sp³-hybridized carbons (Fsp3) is 0.0714. The molecule has 2 aromatic rings. The average molecular weight is 307 g/mol. The first-order valence-electron chi connectivity index (χ1n) is 5.91. The van der Waals surface area contributed by atoms with Crippen LogP contribution in [0.4, 0.5) is 5.69 Å². The van der Waals surface area contributed by atoms with Crippen LogP contribution in [0.1, 0.15) is 10.4 Å². The van der Waals surface area contributed by atoms with Gasteiger partial charge in [0.15, 0.2) is 17.8 Å². The zero-order chi connectivity index (χ0) is 15.5. The van der Waals surface area contributed by atoms with Crippen molar-refractivity contribution in [1.82, 2.24) is 0 Å². The Balaban J connectivity index is 2.53. The number of methoxy groups -OCH3 is 1. The van der Waals surface area contributed by atoms with Gasteiger partial charge in [0.05, 0.1) is 12.7 Å². The van der Waals surface area contributed by atoms with Gasteiger partial charge in [-0.3, -0.25) is 4.79 Å². The van der Waals surface area contributed by atoms with Gasteiger partial charge in [0, 0.05) is 5.69 Å². The largest absolute Gasteiger partial charge is 0.493 e. The summed E-state index contributed by atoms with van der Waals surface area (Å²) in [5.74, 6) is -0.123. The van der Waals surface area contributed by atoms with Crippen LogP contribution >= 0.6 is 0 Å². The maximum atomic E-state index is 12.2. The first kappa shape index (κ1) is 14.9. The summed E-state index contributed by atoms with van der Waals surface area (Å²) in [5.41, 5.74) is 5.68. The highest BCUT2D eigenvalue weighted by Gasteiger charge is 2.22. The molecule has 0 aliphatic rings. The standard InChI is InChI=1S/C14H13NO5S/c1-19-13-8-7-12(15)11(9-16)14(13)20-21(17,18)10-5-3-2-4-6-10/h2-9H,15H2,1H3. The van der Waals surface area contributed by atoms with Crippen molar-refractivity contribution in [1.29, 1.82) is 0 Å². The highest BCUT2D eigenvalue weighted by molar-refractivity contribution is 7.87. The molecule has 0 aliphatic carbocycles. The Bertz CT molecular complexity index is 756. The Labute approximate surface area is 122 Å². The molecular weight excluding hydrogens is 294 g/mol. The van der Waals surface area contributed by atoms with Crippen LogP contribution in [0.5, 0.6) is 11.5 Å². The minimum atomic E-state index is -4.09. The average Bonchev–Trinajstić information content (AvgIpc) is 2.48. The maximum Gasteiger partial charge on any atom is 0.339 e. The predicted molar refractivity (Wildman–Crippen MR) is 77.0 cm³/mol. The SMILES string of the molecule is COc1ccc(N)c(C=O)c1OS(=O)(=O)c1ccccc1. The molecule has 0 aromatic heterocycles. The van der Waals surface area contributed by atoms with Gasteiger partial charge in [-0.15, -0.1) is 0 Å². The molecule has 2 rings (SSSR count). The molecule has 0 bridgehead atoms. The topological polar surface area (TPSA) is 95.7 Å². The van der Waals surface area contributed by atoms with Crippen LogP contribution in [0.25, 0.3) is 0 Å². The Morgan fingerprint density at radius 1 is 1.10 bits per heavy atom. The molecule has 0 atom stereocenters. The van der Waals surface area contributed by atoms with Crippen molar-refractivity contribution in [2.75, 3.05) is 12.8 Å². The third-order valence-electron chi connectivity index (χ3n) is 2.76. The minimum Gasteiger partial charge on any atom is -0.493 e. The molecule has 6 nitrogen and oxygen atoms in total. The normalized spacial score (nSPS) is 10.9. The number of nitrogens with two attached hydrogens (primary N) is 1. The number of carbonyl (C=O) groups excluding carboxylic acids is 1. The molecule has 2 N–H and O–H groups in total. The van der Waals surface area contributed by atoms with E-state index in [0.717, 1.165) is 0 Å². The van der Waals surface area contributed by atoms with Gasteiger partial charge in [0.2, 0.25) is 0 Å². The van der Waals surface area contributed by atoms with Crippen molar-refractivity contribution in [3.8, 4) is 11.5 Å². The Hall–Kier alpha value is -2.54. The van der Waals surface area contributed by atoms with E-state index in [1.807, 2.05) is 0 Å². The second-order valence-electron chi connectivity index (χ2n) is 4.07. The first-order chi connectivity index (χ1) is 9.99. The highest BCUT2D eigenvalue weighted by Crippen LogP contribution is 2.35. The summed E-state index contributed by atoms with van der Waals surface area (Å²) in [6.45, 7) is 0. The van der Waals surface area contributed by atoms with E-state index >= 15 is 0 Å². The van der Waals surface area contributed by atoms with E-state index in [9.17, 15) is 13.2 Å². The van der Waals surface area contributed by atoms with Gasteiger partial charge < -0.3 is 14.7 Å². The monoisotopic (exact) mass is 307 g/mol.